The third kappa shape index (κ3) is 2.44. The Bertz CT molecular complexity index is 797. The van der Waals surface area contributed by atoms with Gasteiger partial charge in [-0.25, -0.2) is 13.9 Å². The maximum atomic E-state index is 13.4. The lowest BCUT2D eigenvalue weighted by Crippen LogP contribution is -1.97. The molecular formula is C14H14FN3O2S. The smallest absolute Gasteiger partial charge is 0.213 e. The molecule has 7 heteroatoms. The molecule has 0 aliphatic heterocycles. The van der Waals surface area contributed by atoms with Gasteiger partial charge in [0.05, 0.1) is 24.6 Å². The van der Waals surface area contributed by atoms with E-state index in [1.807, 2.05) is 0 Å². The number of methoxy groups -OCH3 is 1. The van der Waals surface area contributed by atoms with E-state index in [0.717, 1.165) is 10.6 Å². The fourth-order valence-corrected chi connectivity index (χ4v) is 3.06. The molecule has 0 saturated heterocycles. The van der Waals surface area contributed by atoms with E-state index in [0.29, 0.717) is 28.5 Å². The summed E-state index contributed by atoms with van der Waals surface area (Å²) in [7, 11) is 1.60. The molecule has 0 bridgehead atoms. The first-order valence-electron chi connectivity index (χ1n) is 6.37. The first-order chi connectivity index (χ1) is 10.1. The van der Waals surface area contributed by atoms with E-state index in [1.54, 1.807) is 30.7 Å². The summed E-state index contributed by atoms with van der Waals surface area (Å²) in [5.41, 5.74) is 2.53. The van der Waals surface area contributed by atoms with E-state index in [-0.39, 0.29) is 12.4 Å². The van der Waals surface area contributed by atoms with Crippen molar-refractivity contribution in [2.45, 2.75) is 20.1 Å². The quantitative estimate of drug-likeness (QED) is 0.804. The number of rotatable bonds is 4. The molecule has 2 aromatic heterocycles. The van der Waals surface area contributed by atoms with Gasteiger partial charge in [-0.15, -0.1) is 0 Å². The molecule has 21 heavy (non-hydrogen) atoms. The number of aliphatic hydroxyl groups is 1. The van der Waals surface area contributed by atoms with E-state index < -0.39 is 0 Å². The summed E-state index contributed by atoms with van der Waals surface area (Å²) in [5.74, 6) is -0.258. The van der Waals surface area contributed by atoms with Crippen LogP contribution in [0.25, 0.3) is 16.2 Å². The number of ether oxygens (including phenoxy) is 1. The van der Waals surface area contributed by atoms with Crippen LogP contribution < -0.4 is 0 Å². The van der Waals surface area contributed by atoms with Crippen molar-refractivity contribution >= 4 is 16.3 Å². The van der Waals surface area contributed by atoms with Gasteiger partial charge in [0, 0.05) is 12.7 Å². The Morgan fingerprint density at radius 3 is 2.90 bits per heavy atom. The molecule has 0 saturated carbocycles. The van der Waals surface area contributed by atoms with Crippen molar-refractivity contribution in [3.05, 3.63) is 40.3 Å². The van der Waals surface area contributed by atoms with Gasteiger partial charge in [-0.05, 0) is 30.7 Å². The Balaban J connectivity index is 2.13. The van der Waals surface area contributed by atoms with Crippen LogP contribution in [0.4, 0.5) is 4.39 Å². The fraction of sp³-hybridized carbons (Fsp3) is 0.286. The Hall–Kier alpha value is -1.83. The van der Waals surface area contributed by atoms with Gasteiger partial charge in [-0.2, -0.15) is 5.10 Å². The number of hydrogen-bond acceptors (Lipinski definition) is 5. The molecule has 1 aromatic carbocycles. The molecule has 0 atom stereocenters. The first-order valence-corrected chi connectivity index (χ1v) is 7.19. The maximum absolute atomic E-state index is 13.4. The number of halogens is 1. The largest absolute Gasteiger partial charge is 0.390 e. The first kappa shape index (κ1) is 14.1. The number of benzene rings is 1. The van der Waals surface area contributed by atoms with Crippen LogP contribution in [0.2, 0.25) is 0 Å². The summed E-state index contributed by atoms with van der Waals surface area (Å²) in [6, 6.07) is 4.78. The van der Waals surface area contributed by atoms with Gasteiger partial charge in [-0.3, -0.25) is 0 Å². The van der Waals surface area contributed by atoms with E-state index in [1.165, 1.54) is 17.4 Å². The van der Waals surface area contributed by atoms with E-state index in [4.69, 9.17) is 4.74 Å². The van der Waals surface area contributed by atoms with Crippen LogP contribution in [0.15, 0.2) is 18.2 Å². The zero-order valence-electron chi connectivity index (χ0n) is 11.6. The monoisotopic (exact) mass is 307 g/mol. The molecule has 3 rings (SSSR count). The molecule has 0 aliphatic rings. The number of aromatic nitrogens is 3. The number of fused-ring (bicyclic) bond motifs is 1. The molecule has 0 amide bonds. The van der Waals surface area contributed by atoms with E-state index in [2.05, 4.69) is 10.1 Å². The summed E-state index contributed by atoms with van der Waals surface area (Å²) >= 11 is 1.40. The molecule has 0 unspecified atom stereocenters. The van der Waals surface area contributed by atoms with Crippen LogP contribution in [-0.2, 0) is 18.0 Å². The van der Waals surface area contributed by atoms with Gasteiger partial charge >= 0.3 is 0 Å². The summed E-state index contributed by atoms with van der Waals surface area (Å²) in [5, 5.41) is 14.8. The third-order valence-corrected chi connectivity index (χ3v) is 4.07. The van der Waals surface area contributed by atoms with Crippen molar-refractivity contribution < 1.29 is 14.2 Å². The van der Waals surface area contributed by atoms with Crippen LogP contribution in [0.3, 0.4) is 0 Å². The summed E-state index contributed by atoms with van der Waals surface area (Å²) in [6.45, 7) is 1.91. The maximum Gasteiger partial charge on any atom is 0.213 e. The lowest BCUT2D eigenvalue weighted by Gasteiger charge is -2.03. The summed E-state index contributed by atoms with van der Waals surface area (Å²) < 4.78 is 20.0. The van der Waals surface area contributed by atoms with Crippen molar-refractivity contribution in [3.63, 3.8) is 0 Å². The van der Waals surface area contributed by atoms with Gasteiger partial charge < -0.3 is 9.84 Å². The molecule has 2 heterocycles. The SMILES string of the molecule is COCc1nn2c(CO)c(-c3ccc(F)c(C)c3)nc2s1. The van der Waals surface area contributed by atoms with Crippen molar-refractivity contribution in [1.82, 2.24) is 14.6 Å². The Labute approximate surface area is 124 Å². The topological polar surface area (TPSA) is 59.7 Å². The minimum atomic E-state index is -0.258. The molecule has 110 valence electrons. The highest BCUT2D eigenvalue weighted by Gasteiger charge is 2.17. The van der Waals surface area contributed by atoms with Crippen LogP contribution in [0.5, 0.6) is 0 Å². The Morgan fingerprint density at radius 1 is 1.43 bits per heavy atom. The van der Waals surface area contributed by atoms with E-state index >= 15 is 0 Å². The molecule has 3 aromatic rings. The van der Waals surface area contributed by atoms with E-state index in [9.17, 15) is 9.50 Å². The zero-order chi connectivity index (χ0) is 15.0. The van der Waals surface area contributed by atoms with Gasteiger partial charge in [0.15, 0.2) is 0 Å². The van der Waals surface area contributed by atoms with Crippen molar-refractivity contribution in [1.29, 1.82) is 0 Å². The number of hydrogen-bond donors (Lipinski definition) is 1. The molecule has 0 spiro atoms. The fourth-order valence-electron chi connectivity index (χ4n) is 2.18. The average molecular weight is 307 g/mol. The number of aliphatic hydroxyl groups excluding tert-OH is 1. The molecule has 5 nitrogen and oxygen atoms in total. The standard InChI is InChI=1S/C14H14FN3O2S/c1-8-5-9(3-4-10(8)15)13-11(6-19)18-14(16-13)21-12(17-18)7-20-2/h3-5,19H,6-7H2,1-2H3. The third-order valence-electron chi connectivity index (χ3n) is 3.19. The predicted octanol–water partition coefficient (Wildman–Crippen LogP) is 2.54. The Kier molecular flexibility index (Phi) is 3.71. The normalized spacial score (nSPS) is 11.4. The van der Waals surface area contributed by atoms with Gasteiger partial charge in [-0.1, -0.05) is 11.3 Å². The zero-order valence-corrected chi connectivity index (χ0v) is 12.4. The number of aryl methyl sites for hydroxylation is 1. The molecule has 1 N–H and O–H groups in total. The summed E-state index contributed by atoms with van der Waals surface area (Å²) in [6.07, 6.45) is 0. The highest BCUT2D eigenvalue weighted by Crippen LogP contribution is 2.28. The highest BCUT2D eigenvalue weighted by atomic mass is 32.1. The second-order valence-corrected chi connectivity index (χ2v) is 5.69. The van der Waals surface area contributed by atoms with Crippen LogP contribution >= 0.6 is 11.3 Å². The average Bonchev–Trinajstić information content (AvgIpc) is 2.99. The van der Waals surface area contributed by atoms with Gasteiger partial charge in [0.2, 0.25) is 4.96 Å². The molecule has 0 aliphatic carbocycles. The van der Waals surface area contributed by atoms with Crippen molar-refractivity contribution in [3.8, 4) is 11.3 Å². The number of imidazole rings is 1. The molecular weight excluding hydrogens is 293 g/mol. The highest BCUT2D eigenvalue weighted by molar-refractivity contribution is 7.16. The van der Waals surface area contributed by atoms with Gasteiger partial charge in [0.1, 0.15) is 10.8 Å². The Morgan fingerprint density at radius 2 is 2.24 bits per heavy atom. The lowest BCUT2D eigenvalue weighted by molar-refractivity contribution is 0.183. The van der Waals surface area contributed by atoms with Crippen molar-refractivity contribution in [2.75, 3.05) is 7.11 Å². The van der Waals surface area contributed by atoms with Crippen LogP contribution in [0, 0.1) is 12.7 Å². The van der Waals surface area contributed by atoms with Crippen LogP contribution in [0.1, 0.15) is 16.3 Å². The minimum Gasteiger partial charge on any atom is -0.390 e. The molecule has 0 fully saturated rings. The van der Waals surface area contributed by atoms with Gasteiger partial charge in [0.25, 0.3) is 0 Å². The van der Waals surface area contributed by atoms with Crippen molar-refractivity contribution in [2.24, 2.45) is 0 Å². The second-order valence-electron chi connectivity index (χ2n) is 4.65. The minimum absolute atomic E-state index is 0.191. The predicted molar refractivity (Wildman–Crippen MR) is 77.6 cm³/mol. The van der Waals surface area contributed by atoms with Crippen LogP contribution in [-0.4, -0.2) is 26.8 Å². The molecule has 0 radical (unpaired) electrons. The number of nitrogens with zero attached hydrogens (tertiary/aromatic N) is 3. The summed E-state index contributed by atoms with van der Waals surface area (Å²) in [4.78, 5) is 5.19. The second kappa shape index (κ2) is 5.51. The lowest BCUT2D eigenvalue weighted by atomic mass is 10.1.